The molecule has 4 rings (SSSR count). The van der Waals surface area contributed by atoms with Gasteiger partial charge in [-0.3, -0.25) is 4.79 Å². The van der Waals surface area contributed by atoms with Crippen LogP contribution in [0.4, 0.5) is 8.78 Å². The molecule has 192 valence electrons. The zero-order chi connectivity index (χ0) is 26.4. The maximum Gasteiger partial charge on any atom is 0.254 e. The number of aliphatic hydroxyl groups is 1. The van der Waals surface area contributed by atoms with Gasteiger partial charge in [-0.25, -0.2) is 8.78 Å². The van der Waals surface area contributed by atoms with Crippen molar-refractivity contribution in [1.82, 2.24) is 14.5 Å². The molecule has 0 aliphatic heterocycles. The minimum absolute atomic E-state index is 0.0497. The van der Waals surface area contributed by atoms with Gasteiger partial charge in [-0.1, -0.05) is 47.8 Å². The summed E-state index contributed by atoms with van der Waals surface area (Å²) in [5.74, 6) is -1.68. The van der Waals surface area contributed by atoms with Crippen molar-refractivity contribution in [1.29, 1.82) is 0 Å². The molecule has 4 aromatic rings. The van der Waals surface area contributed by atoms with Crippen molar-refractivity contribution < 1.29 is 18.7 Å². The summed E-state index contributed by atoms with van der Waals surface area (Å²) in [4.78, 5) is 15.1. The molecule has 2 atom stereocenters. The molecular formula is C28H28F2N4O2S. The monoisotopic (exact) mass is 522 g/mol. The molecule has 1 amide bonds. The minimum atomic E-state index is -1.12. The number of aliphatic hydroxyl groups excluding tert-OH is 1. The topological polar surface area (TPSA) is 92.3 Å². The predicted octanol–water partition coefficient (Wildman–Crippen LogP) is 4.62. The van der Waals surface area contributed by atoms with E-state index in [0.29, 0.717) is 11.1 Å². The lowest BCUT2D eigenvalue weighted by atomic mass is 10.0. The van der Waals surface area contributed by atoms with Crippen LogP contribution >= 0.6 is 11.5 Å². The van der Waals surface area contributed by atoms with Crippen LogP contribution in [0.3, 0.4) is 0 Å². The number of aromatic nitrogens is 2. The van der Waals surface area contributed by atoms with Crippen molar-refractivity contribution in [2.75, 3.05) is 6.54 Å². The second-order valence-electron chi connectivity index (χ2n) is 8.94. The molecule has 9 heteroatoms. The highest BCUT2D eigenvalue weighted by Gasteiger charge is 2.24. The average molecular weight is 523 g/mol. The van der Waals surface area contributed by atoms with Crippen LogP contribution in [0.15, 0.2) is 72.1 Å². The Morgan fingerprint density at radius 2 is 1.73 bits per heavy atom. The number of amides is 1. The lowest BCUT2D eigenvalue weighted by Crippen LogP contribution is -2.46. The van der Waals surface area contributed by atoms with E-state index in [1.165, 1.54) is 23.7 Å². The highest BCUT2D eigenvalue weighted by Crippen LogP contribution is 2.20. The first kappa shape index (κ1) is 26.5. The predicted molar refractivity (Wildman–Crippen MR) is 140 cm³/mol. The Hall–Kier alpha value is -3.53. The lowest BCUT2D eigenvalue weighted by molar-refractivity contribution is 0.0554. The maximum atomic E-state index is 13.6. The lowest BCUT2D eigenvalue weighted by Gasteiger charge is -2.28. The van der Waals surface area contributed by atoms with Crippen LogP contribution in [0.25, 0.3) is 11.3 Å². The standard InChI is InChI=1S/C28H28F2N4O2S/c1-2-18-4-3-5-19(10-18)15-34(16-27(35)25(31)13-20-11-23(29)14-24(30)12-20)28(36)22-8-6-21(7-9-22)26-17-37-33-32-26/h3-12,14,17,25,27,35H,2,13,15-16,31H2,1H3. The summed E-state index contributed by atoms with van der Waals surface area (Å²) in [6.45, 7) is 2.27. The number of nitrogens with two attached hydrogens (primary N) is 1. The van der Waals surface area contributed by atoms with E-state index in [2.05, 4.69) is 16.5 Å². The Bertz CT molecular complexity index is 1310. The van der Waals surface area contributed by atoms with E-state index in [1.54, 1.807) is 29.2 Å². The number of nitrogens with zero attached hydrogens (tertiary/aromatic N) is 3. The van der Waals surface area contributed by atoms with Crippen LogP contribution in [-0.4, -0.2) is 44.2 Å². The Morgan fingerprint density at radius 1 is 1.03 bits per heavy atom. The van der Waals surface area contributed by atoms with Crippen molar-refractivity contribution in [3.8, 4) is 11.3 Å². The van der Waals surface area contributed by atoms with Gasteiger partial charge in [0.2, 0.25) is 0 Å². The SMILES string of the molecule is CCc1cccc(CN(CC(O)C(N)Cc2cc(F)cc(F)c2)C(=O)c2ccc(-c3csnn3)cc2)c1. The molecule has 0 aliphatic rings. The second kappa shape index (κ2) is 12.1. The Kier molecular flexibility index (Phi) is 8.70. The van der Waals surface area contributed by atoms with E-state index in [1.807, 2.05) is 29.6 Å². The first-order valence-electron chi connectivity index (χ1n) is 12.0. The van der Waals surface area contributed by atoms with Gasteiger partial charge in [-0.15, -0.1) is 5.10 Å². The van der Waals surface area contributed by atoms with Crippen molar-refractivity contribution in [2.45, 2.75) is 38.5 Å². The van der Waals surface area contributed by atoms with Crippen LogP contribution in [0.2, 0.25) is 0 Å². The summed E-state index contributed by atoms with van der Waals surface area (Å²) in [6, 6.07) is 17.3. The number of benzene rings is 3. The van der Waals surface area contributed by atoms with Crippen LogP contribution in [0.1, 0.15) is 34.0 Å². The number of carbonyl (C=O) groups excluding carboxylic acids is 1. The maximum absolute atomic E-state index is 13.6. The highest BCUT2D eigenvalue weighted by atomic mass is 32.1. The summed E-state index contributed by atoms with van der Waals surface area (Å²) in [7, 11) is 0. The molecule has 3 aromatic carbocycles. The van der Waals surface area contributed by atoms with E-state index in [9.17, 15) is 18.7 Å². The number of hydrogen-bond acceptors (Lipinski definition) is 6. The van der Waals surface area contributed by atoms with E-state index >= 15 is 0 Å². The zero-order valence-electron chi connectivity index (χ0n) is 20.3. The third-order valence-corrected chi connectivity index (χ3v) is 6.65. The highest BCUT2D eigenvalue weighted by molar-refractivity contribution is 7.03. The van der Waals surface area contributed by atoms with Gasteiger partial charge >= 0.3 is 0 Å². The van der Waals surface area contributed by atoms with Gasteiger partial charge in [-0.2, -0.15) is 0 Å². The largest absolute Gasteiger partial charge is 0.390 e. The van der Waals surface area contributed by atoms with E-state index in [4.69, 9.17) is 5.73 Å². The smallest absolute Gasteiger partial charge is 0.254 e. The molecule has 6 nitrogen and oxygen atoms in total. The summed E-state index contributed by atoms with van der Waals surface area (Å²) in [6.07, 6.45) is -0.212. The van der Waals surface area contributed by atoms with Crippen molar-refractivity contribution in [3.05, 3.63) is 106 Å². The van der Waals surface area contributed by atoms with Crippen LogP contribution in [-0.2, 0) is 19.4 Å². The van der Waals surface area contributed by atoms with Crippen LogP contribution in [0, 0.1) is 11.6 Å². The first-order chi connectivity index (χ1) is 17.8. The Morgan fingerprint density at radius 3 is 2.38 bits per heavy atom. The molecule has 2 unspecified atom stereocenters. The van der Waals surface area contributed by atoms with Gasteiger partial charge < -0.3 is 15.7 Å². The van der Waals surface area contributed by atoms with Gasteiger partial charge in [0.1, 0.15) is 17.3 Å². The molecule has 0 aliphatic carbocycles. The summed E-state index contributed by atoms with van der Waals surface area (Å²) in [5.41, 5.74) is 10.6. The third-order valence-electron chi connectivity index (χ3n) is 6.14. The quantitative estimate of drug-likeness (QED) is 0.317. The van der Waals surface area contributed by atoms with Crippen LogP contribution in [0.5, 0.6) is 0 Å². The minimum Gasteiger partial charge on any atom is -0.390 e. The molecule has 37 heavy (non-hydrogen) atoms. The molecule has 0 bridgehead atoms. The number of hydrogen-bond donors (Lipinski definition) is 2. The fourth-order valence-corrected chi connectivity index (χ4v) is 4.61. The molecule has 3 N–H and O–H groups in total. The number of aryl methyl sites for hydroxylation is 1. The molecular weight excluding hydrogens is 494 g/mol. The normalized spacial score (nSPS) is 12.8. The van der Waals surface area contributed by atoms with Gasteiger partial charge in [-0.05, 0) is 65.3 Å². The van der Waals surface area contributed by atoms with Crippen molar-refractivity contribution >= 4 is 17.4 Å². The molecule has 0 saturated carbocycles. The third kappa shape index (κ3) is 7.03. The fraction of sp³-hybridized carbons (Fsp3) is 0.250. The van der Waals surface area contributed by atoms with Gasteiger partial charge in [0.25, 0.3) is 5.91 Å². The average Bonchev–Trinajstić information content (AvgIpc) is 3.42. The van der Waals surface area contributed by atoms with Gasteiger partial charge in [0.05, 0.1) is 6.10 Å². The number of halogens is 2. The summed E-state index contributed by atoms with van der Waals surface area (Å²) >= 11 is 1.25. The molecule has 0 radical (unpaired) electrons. The van der Waals surface area contributed by atoms with Crippen molar-refractivity contribution in [3.63, 3.8) is 0 Å². The number of carbonyl (C=O) groups is 1. The van der Waals surface area contributed by atoms with E-state index in [0.717, 1.165) is 34.9 Å². The fourth-order valence-electron chi connectivity index (χ4n) is 4.14. The van der Waals surface area contributed by atoms with Crippen LogP contribution < -0.4 is 5.73 Å². The van der Waals surface area contributed by atoms with E-state index < -0.39 is 23.8 Å². The van der Waals surface area contributed by atoms with Gasteiger partial charge in [0.15, 0.2) is 0 Å². The second-order valence-corrected chi connectivity index (χ2v) is 9.55. The van der Waals surface area contributed by atoms with E-state index in [-0.39, 0.29) is 25.4 Å². The van der Waals surface area contributed by atoms with Crippen molar-refractivity contribution in [2.24, 2.45) is 5.73 Å². The Balaban J connectivity index is 1.54. The molecule has 0 saturated heterocycles. The summed E-state index contributed by atoms with van der Waals surface area (Å²) < 4.78 is 31.1. The number of rotatable bonds is 10. The molecule has 0 spiro atoms. The molecule has 1 aromatic heterocycles. The Labute approximate surface area is 218 Å². The molecule has 1 heterocycles. The van der Waals surface area contributed by atoms with Gasteiger partial charge in [0, 0.05) is 41.7 Å². The summed E-state index contributed by atoms with van der Waals surface area (Å²) in [5, 5.41) is 16.8. The zero-order valence-corrected chi connectivity index (χ0v) is 21.2. The first-order valence-corrected chi connectivity index (χ1v) is 12.8. The molecule has 0 fully saturated rings.